The van der Waals surface area contributed by atoms with Crippen LogP contribution in [0.5, 0.6) is 0 Å². The van der Waals surface area contributed by atoms with Gasteiger partial charge in [0.1, 0.15) is 5.82 Å². The van der Waals surface area contributed by atoms with Gasteiger partial charge in [0.2, 0.25) is 15.9 Å². The molecule has 2 N–H and O–H groups in total. The number of benzene rings is 3. The molecule has 2 heterocycles. The van der Waals surface area contributed by atoms with Crippen molar-refractivity contribution in [2.24, 2.45) is 0 Å². The molecule has 39 heavy (non-hydrogen) atoms. The van der Waals surface area contributed by atoms with Gasteiger partial charge >= 0.3 is 0 Å². The van der Waals surface area contributed by atoms with Crippen molar-refractivity contribution in [2.45, 2.75) is 48.5 Å². The molecule has 8 nitrogen and oxygen atoms in total. The third kappa shape index (κ3) is 6.54. The third-order valence-electron chi connectivity index (χ3n) is 7.03. The number of halogens is 1. The maximum absolute atomic E-state index is 13.8. The van der Waals surface area contributed by atoms with E-state index in [9.17, 15) is 22.7 Å². The Morgan fingerprint density at radius 2 is 1.72 bits per heavy atom. The van der Waals surface area contributed by atoms with Crippen LogP contribution in [0.2, 0.25) is 0 Å². The number of sulfonamides is 1. The normalized spacial score (nSPS) is 24.3. The summed E-state index contributed by atoms with van der Waals surface area (Å²) in [4.78, 5) is 12.6. The standard InChI is InChI=1S/C29H31FN2O6S/c30-22-7-4-8-26(15-22)39(35,36)32-17-24(33)18-37-19-28-27(32)14-13-25(38-28)16-29(34)31-23-11-9-21(10-12-23)20-5-2-1-3-6-20/h1-12,15,24-25,27-28,33H,13-14,16-19H2,(H,31,34)/t24-,25-,27+,28-/m0/s1. The van der Waals surface area contributed by atoms with Crippen molar-refractivity contribution in [3.8, 4) is 11.1 Å². The first-order valence-corrected chi connectivity index (χ1v) is 14.4. The Hall–Kier alpha value is -3.15. The van der Waals surface area contributed by atoms with Crippen LogP contribution in [0.15, 0.2) is 83.8 Å². The molecule has 206 valence electrons. The molecule has 3 aromatic rings. The lowest BCUT2D eigenvalue weighted by Gasteiger charge is -2.43. The maximum Gasteiger partial charge on any atom is 0.243 e. The van der Waals surface area contributed by atoms with E-state index in [1.807, 2.05) is 54.6 Å². The number of β-amino-alcohol motifs (C(OH)–C–C–N with tert-alkyl or cyclic N) is 1. The number of ether oxygens (including phenoxy) is 2. The highest BCUT2D eigenvalue weighted by Crippen LogP contribution is 2.32. The van der Waals surface area contributed by atoms with Crippen LogP contribution in [0.25, 0.3) is 11.1 Å². The molecule has 5 rings (SSSR count). The lowest BCUT2D eigenvalue weighted by Crippen LogP contribution is -2.57. The molecule has 1 amide bonds. The fourth-order valence-corrected chi connectivity index (χ4v) is 6.88. The number of hydrogen-bond acceptors (Lipinski definition) is 6. The molecule has 3 aromatic carbocycles. The van der Waals surface area contributed by atoms with Gasteiger partial charge in [-0.05, 0) is 54.3 Å². The van der Waals surface area contributed by atoms with Crippen LogP contribution in [0.4, 0.5) is 10.1 Å². The zero-order valence-corrected chi connectivity index (χ0v) is 22.1. The number of nitrogens with one attached hydrogen (secondary N) is 1. The van der Waals surface area contributed by atoms with Gasteiger partial charge in [-0.15, -0.1) is 0 Å². The first kappa shape index (κ1) is 27.4. The smallest absolute Gasteiger partial charge is 0.243 e. The first-order valence-electron chi connectivity index (χ1n) is 12.9. The molecule has 0 unspecified atom stereocenters. The van der Waals surface area contributed by atoms with Crippen molar-refractivity contribution in [3.63, 3.8) is 0 Å². The minimum Gasteiger partial charge on any atom is -0.389 e. The van der Waals surface area contributed by atoms with Gasteiger partial charge in [0, 0.05) is 12.2 Å². The molecule has 4 atom stereocenters. The minimum atomic E-state index is -4.11. The van der Waals surface area contributed by atoms with Crippen LogP contribution in [-0.2, 0) is 24.3 Å². The number of carbonyl (C=O) groups excluding carboxylic acids is 1. The summed E-state index contributed by atoms with van der Waals surface area (Å²) in [5.41, 5.74) is 2.80. The zero-order chi connectivity index (χ0) is 27.4. The highest BCUT2D eigenvalue weighted by molar-refractivity contribution is 7.89. The highest BCUT2D eigenvalue weighted by atomic mass is 32.2. The van der Waals surface area contributed by atoms with E-state index in [1.165, 1.54) is 22.5 Å². The number of fused-ring (bicyclic) bond motifs is 1. The average Bonchev–Trinajstić information content (AvgIpc) is 2.92. The SMILES string of the molecule is O=C(C[C@@H]1CC[C@@H]2[C@H](COC[C@@H](O)CN2S(=O)(=O)c2cccc(F)c2)O1)Nc1ccc(-c2ccccc2)cc1. The van der Waals surface area contributed by atoms with Gasteiger partial charge in [0.05, 0.1) is 48.9 Å². The van der Waals surface area contributed by atoms with E-state index in [2.05, 4.69) is 5.32 Å². The number of carbonyl (C=O) groups is 1. The second-order valence-corrected chi connectivity index (χ2v) is 11.8. The van der Waals surface area contributed by atoms with E-state index in [0.717, 1.165) is 17.2 Å². The van der Waals surface area contributed by atoms with Gasteiger partial charge in [-0.1, -0.05) is 48.5 Å². The second kappa shape index (κ2) is 11.9. The first-order chi connectivity index (χ1) is 18.8. The molecular formula is C29H31FN2O6S. The van der Waals surface area contributed by atoms with Gasteiger partial charge in [0.25, 0.3) is 0 Å². The molecule has 10 heteroatoms. The highest BCUT2D eigenvalue weighted by Gasteiger charge is 2.43. The average molecular weight is 555 g/mol. The third-order valence-corrected chi connectivity index (χ3v) is 8.91. The Labute approximate surface area is 227 Å². The van der Waals surface area contributed by atoms with E-state index in [4.69, 9.17) is 9.47 Å². The van der Waals surface area contributed by atoms with Gasteiger partial charge in [-0.2, -0.15) is 4.31 Å². The van der Waals surface area contributed by atoms with Crippen molar-refractivity contribution in [2.75, 3.05) is 25.1 Å². The predicted octanol–water partition coefficient (Wildman–Crippen LogP) is 3.82. The monoisotopic (exact) mass is 554 g/mol. The van der Waals surface area contributed by atoms with Crippen LogP contribution in [0.1, 0.15) is 19.3 Å². The van der Waals surface area contributed by atoms with Crippen molar-refractivity contribution < 1.29 is 32.2 Å². The number of aliphatic hydroxyl groups is 1. The number of amides is 1. The fourth-order valence-electron chi connectivity index (χ4n) is 5.13. The number of nitrogens with zero attached hydrogens (tertiary/aromatic N) is 1. The molecule has 0 saturated carbocycles. The van der Waals surface area contributed by atoms with Crippen molar-refractivity contribution in [1.82, 2.24) is 4.31 Å². The van der Waals surface area contributed by atoms with E-state index >= 15 is 0 Å². The van der Waals surface area contributed by atoms with Crippen LogP contribution in [0.3, 0.4) is 0 Å². The number of rotatable bonds is 6. The molecule has 0 spiro atoms. The summed E-state index contributed by atoms with van der Waals surface area (Å²) in [6.07, 6.45) is -1.17. The Kier molecular flexibility index (Phi) is 8.39. The molecular weight excluding hydrogens is 523 g/mol. The van der Waals surface area contributed by atoms with E-state index in [0.29, 0.717) is 18.5 Å². The molecule has 0 aromatic heterocycles. The summed E-state index contributed by atoms with van der Waals surface area (Å²) in [6.45, 7) is -0.199. The van der Waals surface area contributed by atoms with Crippen molar-refractivity contribution in [3.05, 3.63) is 84.7 Å². The van der Waals surface area contributed by atoms with Crippen molar-refractivity contribution in [1.29, 1.82) is 0 Å². The van der Waals surface area contributed by atoms with Gasteiger partial charge in [-0.3, -0.25) is 4.79 Å². The Morgan fingerprint density at radius 3 is 2.46 bits per heavy atom. The second-order valence-electron chi connectivity index (χ2n) is 9.86. The molecule has 2 aliphatic heterocycles. The lowest BCUT2D eigenvalue weighted by atomic mass is 9.96. The Morgan fingerprint density at radius 1 is 0.974 bits per heavy atom. The predicted molar refractivity (Wildman–Crippen MR) is 144 cm³/mol. The summed E-state index contributed by atoms with van der Waals surface area (Å²) in [5, 5.41) is 13.2. The topological polar surface area (TPSA) is 105 Å². The largest absolute Gasteiger partial charge is 0.389 e. The van der Waals surface area contributed by atoms with Crippen molar-refractivity contribution >= 4 is 21.6 Å². The van der Waals surface area contributed by atoms with Gasteiger partial charge in [-0.25, -0.2) is 12.8 Å². The molecule has 2 aliphatic rings. The molecule has 2 fully saturated rings. The maximum atomic E-state index is 13.8. The minimum absolute atomic E-state index is 0.0636. The quantitative estimate of drug-likeness (QED) is 0.480. The molecule has 0 aliphatic carbocycles. The summed E-state index contributed by atoms with van der Waals surface area (Å²) >= 11 is 0. The van der Waals surface area contributed by atoms with Crippen LogP contribution >= 0.6 is 0 Å². The van der Waals surface area contributed by atoms with Gasteiger partial charge < -0.3 is 19.9 Å². The summed E-state index contributed by atoms with van der Waals surface area (Å²) in [6, 6.07) is 21.7. The summed E-state index contributed by atoms with van der Waals surface area (Å²) in [7, 11) is -4.11. The van der Waals surface area contributed by atoms with Crippen LogP contribution < -0.4 is 5.32 Å². The lowest BCUT2D eigenvalue weighted by molar-refractivity contribution is -0.144. The molecule has 2 saturated heterocycles. The number of hydrogen-bond donors (Lipinski definition) is 2. The van der Waals surface area contributed by atoms with Crippen LogP contribution in [0, 0.1) is 5.82 Å². The van der Waals surface area contributed by atoms with E-state index in [1.54, 1.807) is 0 Å². The van der Waals surface area contributed by atoms with E-state index in [-0.39, 0.29) is 37.0 Å². The summed E-state index contributed by atoms with van der Waals surface area (Å²) in [5.74, 6) is -0.874. The number of anilines is 1. The zero-order valence-electron chi connectivity index (χ0n) is 21.3. The van der Waals surface area contributed by atoms with Crippen LogP contribution in [-0.4, -0.2) is 67.8 Å². The van der Waals surface area contributed by atoms with Gasteiger partial charge in [0.15, 0.2) is 0 Å². The Balaban J connectivity index is 1.24. The molecule has 0 bridgehead atoms. The van der Waals surface area contributed by atoms with E-state index < -0.39 is 40.2 Å². The fraction of sp³-hybridized carbons (Fsp3) is 0.345. The Bertz CT molecular complexity index is 1390. The summed E-state index contributed by atoms with van der Waals surface area (Å²) < 4.78 is 53.7. The number of aliphatic hydroxyl groups excluding tert-OH is 1. The molecule has 0 radical (unpaired) electrons.